The molecule has 0 aromatic carbocycles. The molecule has 0 bridgehead atoms. The van der Waals surface area contributed by atoms with E-state index in [2.05, 4.69) is 24.5 Å². The van der Waals surface area contributed by atoms with Crippen LogP contribution in [-0.4, -0.2) is 18.5 Å². The average molecular weight is 252 g/mol. The van der Waals surface area contributed by atoms with Gasteiger partial charge in [0.15, 0.2) is 0 Å². The number of furan rings is 1. The molecule has 0 fully saturated rings. The maximum Gasteiger partial charge on any atom is 0.234 e. The van der Waals surface area contributed by atoms with E-state index < -0.39 is 0 Å². The van der Waals surface area contributed by atoms with Crippen molar-refractivity contribution in [1.82, 2.24) is 10.6 Å². The van der Waals surface area contributed by atoms with E-state index in [-0.39, 0.29) is 18.0 Å². The molecule has 0 saturated carbocycles. The molecule has 0 aliphatic heterocycles. The zero-order valence-corrected chi connectivity index (χ0v) is 11.9. The number of aryl methyl sites for hydroxylation is 1. The average Bonchev–Trinajstić information content (AvgIpc) is 2.72. The molecule has 0 aliphatic rings. The molecule has 0 radical (unpaired) electrons. The minimum Gasteiger partial charge on any atom is -0.465 e. The van der Waals surface area contributed by atoms with Crippen molar-refractivity contribution >= 4 is 5.91 Å². The first-order valence-corrected chi connectivity index (χ1v) is 6.49. The molecule has 2 unspecified atom stereocenters. The molecule has 2 N–H and O–H groups in total. The van der Waals surface area contributed by atoms with Gasteiger partial charge in [-0.05, 0) is 38.8 Å². The van der Waals surface area contributed by atoms with Gasteiger partial charge in [-0.25, -0.2) is 0 Å². The highest BCUT2D eigenvalue weighted by molar-refractivity contribution is 5.78. The Morgan fingerprint density at radius 3 is 2.44 bits per heavy atom. The van der Waals surface area contributed by atoms with E-state index >= 15 is 0 Å². The third-order valence-electron chi connectivity index (χ3n) is 3.15. The summed E-state index contributed by atoms with van der Waals surface area (Å²) < 4.78 is 5.50. The van der Waals surface area contributed by atoms with Crippen LogP contribution >= 0.6 is 0 Å². The molecule has 1 rings (SSSR count). The van der Waals surface area contributed by atoms with E-state index in [1.807, 2.05) is 32.9 Å². The van der Waals surface area contributed by atoms with Crippen LogP contribution in [0.1, 0.15) is 45.3 Å². The number of hydrogen-bond donors (Lipinski definition) is 2. The zero-order valence-electron chi connectivity index (χ0n) is 11.9. The lowest BCUT2D eigenvalue weighted by Gasteiger charge is -2.18. The molecule has 102 valence electrons. The Labute approximate surface area is 109 Å². The fourth-order valence-electron chi connectivity index (χ4n) is 1.50. The third-order valence-corrected chi connectivity index (χ3v) is 3.15. The Balaban J connectivity index is 2.34. The molecule has 0 saturated heterocycles. The van der Waals surface area contributed by atoms with Crippen LogP contribution in [0.4, 0.5) is 0 Å². The number of nitrogens with one attached hydrogen (secondary N) is 2. The molecular formula is C14H24N2O2. The summed E-state index contributed by atoms with van der Waals surface area (Å²) in [4.78, 5) is 11.7. The lowest BCUT2D eigenvalue weighted by atomic mass is 10.1. The predicted octanol–water partition coefficient (Wildman–Crippen LogP) is 2.40. The van der Waals surface area contributed by atoms with Gasteiger partial charge in [0.2, 0.25) is 5.91 Å². The second-order valence-corrected chi connectivity index (χ2v) is 5.15. The SMILES string of the molecule is Cc1ccc(C(C)NCC(=O)NC(C)C(C)C)o1. The van der Waals surface area contributed by atoms with Gasteiger partial charge in [-0.15, -0.1) is 0 Å². The van der Waals surface area contributed by atoms with Crippen molar-refractivity contribution in [2.75, 3.05) is 6.54 Å². The Hall–Kier alpha value is -1.29. The normalized spacial score (nSPS) is 14.6. The van der Waals surface area contributed by atoms with Gasteiger partial charge < -0.3 is 9.73 Å². The fourth-order valence-corrected chi connectivity index (χ4v) is 1.50. The minimum absolute atomic E-state index is 0.0197. The first-order valence-electron chi connectivity index (χ1n) is 6.49. The van der Waals surface area contributed by atoms with Gasteiger partial charge in [0.25, 0.3) is 0 Å². The molecule has 4 heteroatoms. The highest BCUT2D eigenvalue weighted by atomic mass is 16.3. The summed E-state index contributed by atoms with van der Waals surface area (Å²) >= 11 is 0. The number of amides is 1. The molecule has 1 heterocycles. The predicted molar refractivity (Wildman–Crippen MR) is 72.3 cm³/mol. The molecule has 1 amide bonds. The fraction of sp³-hybridized carbons (Fsp3) is 0.643. The van der Waals surface area contributed by atoms with Gasteiger partial charge in [-0.2, -0.15) is 0 Å². The smallest absolute Gasteiger partial charge is 0.234 e. The van der Waals surface area contributed by atoms with Gasteiger partial charge >= 0.3 is 0 Å². The van der Waals surface area contributed by atoms with Crippen LogP contribution in [-0.2, 0) is 4.79 Å². The minimum atomic E-state index is 0.0197. The molecule has 1 aromatic heterocycles. The number of carbonyl (C=O) groups is 1. The molecular weight excluding hydrogens is 228 g/mol. The molecule has 0 spiro atoms. The number of carbonyl (C=O) groups excluding carboxylic acids is 1. The van der Waals surface area contributed by atoms with E-state index in [0.29, 0.717) is 12.5 Å². The maximum absolute atomic E-state index is 11.7. The van der Waals surface area contributed by atoms with Crippen molar-refractivity contribution < 1.29 is 9.21 Å². The van der Waals surface area contributed by atoms with Crippen molar-refractivity contribution in [3.8, 4) is 0 Å². The van der Waals surface area contributed by atoms with Crippen molar-refractivity contribution in [3.05, 3.63) is 23.7 Å². The van der Waals surface area contributed by atoms with Gasteiger partial charge in [0.1, 0.15) is 11.5 Å². The van der Waals surface area contributed by atoms with Crippen LogP contribution in [0.15, 0.2) is 16.5 Å². The van der Waals surface area contributed by atoms with E-state index in [9.17, 15) is 4.79 Å². The van der Waals surface area contributed by atoms with Crippen LogP contribution in [0.2, 0.25) is 0 Å². The Kier molecular flexibility index (Phi) is 5.41. The first kappa shape index (κ1) is 14.8. The Bertz CT molecular complexity index is 385. The van der Waals surface area contributed by atoms with Gasteiger partial charge in [0.05, 0.1) is 12.6 Å². The summed E-state index contributed by atoms with van der Waals surface area (Å²) in [7, 11) is 0. The summed E-state index contributed by atoms with van der Waals surface area (Å²) in [5.41, 5.74) is 0. The van der Waals surface area contributed by atoms with E-state index in [1.54, 1.807) is 0 Å². The van der Waals surface area contributed by atoms with E-state index in [0.717, 1.165) is 11.5 Å². The van der Waals surface area contributed by atoms with Crippen molar-refractivity contribution in [1.29, 1.82) is 0 Å². The highest BCUT2D eigenvalue weighted by Crippen LogP contribution is 2.14. The largest absolute Gasteiger partial charge is 0.465 e. The van der Waals surface area contributed by atoms with Gasteiger partial charge in [-0.3, -0.25) is 10.1 Å². The molecule has 2 atom stereocenters. The van der Waals surface area contributed by atoms with E-state index in [4.69, 9.17) is 4.42 Å². The van der Waals surface area contributed by atoms with Gasteiger partial charge in [-0.1, -0.05) is 13.8 Å². The molecule has 4 nitrogen and oxygen atoms in total. The summed E-state index contributed by atoms with van der Waals surface area (Å²) in [5, 5.41) is 6.11. The standard InChI is InChI=1S/C14H24N2O2/c1-9(2)11(4)16-14(17)8-15-12(5)13-7-6-10(3)18-13/h6-7,9,11-12,15H,8H2,1-5H3,(H,16,17). The summed E-state index contributed by atoms with van der Waals surface area (Å²) in [6.45, 7) is 10.4. The highest BCUT2D eigenvalue weighted by Gasteiger charge is 2.13. The second-order valence-electron chi connectivity index (χ2n) is 5.15. The summed E-state index contributed by atoms with van der Waals surface area (Å²) in [6.07, 6.45) is 0. The third kappa shape index (κ3) is 4.53. The van der Waals surface area contributed by atoms with Crippen molar-refractivity contribution in [3.63, 3.8) is 0 Å². The van der Waals surface area contributed by atoms with Crippen molar-refractivity contribution in [2.24, 2.45) is 5.92 Å². The quantitative estimate of drug-likeness (QED) is 0.817. The lowest BCUT2D eigenvalue weighted by Crippen LogP contribution is -2.41. The van der Waals surface area contributed by atoms with Crippen molar-refractivity contribution in [2.45, 2.75) is 46.7 Å². The summed E-state index contributed by atoms with van der Waals surface area (Å²) in [5.74, 6) is 2.21. The van der Waals surface area contributed by atoms with E-state index in [1.165, 1.54) is 0 Å². The lowest BCUT2D eigenvalue weighted by molar-refractivity contribution is -0.121. The zero-order chi connectivity index (χ0) is 13.7. The second kappa shape index (κ2) is 6.59. The Morgan fingerprint density at radius 1 is 1.28 bits per heavy atom. The maximum atomic E-state index is 11.7. The topological polar surface area (TPSA) is 54.3 Å². The monoisotopic (exact) mass is 252 g/mol. The molecule has 0 aliphatic carbocycles. The summed E-state index contributed by atoms with van der Waals surface area (Å²) in [6, 6.07) is 4.09. The van der Waals surface area contributed by atoms with Crippen LogP contribution in [0.3, 0.4) is 0 Å². The Morgan fingerprint density at radius 2 is 1.94 bits per heavy atom. The van der Waals surface area contributed by atoms with Crippen LogP contribution < -0.4 is 10.6 Å². The first-order chi connectivity index (χ1) is 8.40. The molecule has 1 aromatic rings. The molecule has 18 heavy (non-hydrogen) atoms. The van der Waals surface area contributed by atoms with Crippen LogP contribution in [0.5, 0.6) is 0 Å². The van der Waals surface area contributed by atoms with Crippen LogP contribution in [0, 0.1) is 12.8 Å². The number of hydrogen-bond acceptors (Lipinski definition) is 3. The van der Waals surface area contributed by atoms with Crippen LogP contribution in [0.25, 0.3) is 0 Å². The van der Waals surface area contributed by atoms with Gasteiger partial charge in [0, 0.05) is 6.04 Å². The number of rotatable bonds is 6.